The molecule has 0 aliphatic carbocycles. The van der Waals surface area contributed by atoms with Gasteiger partial charge in [0.15, 0.2) is 0 Å². The molecule has 0 spiro atoms. The molecule has 2 heterocycles. The molecule has 6 nitrogen and oxygen atoms in total. The summed E-state index contributed by atoms with van der Waals surface area (Å²) in [5.74, 6) is 0.835. The number of amides is 2. The maximum atomic E-state index is 12.4. The van der Waals surface area contributed by atoms with Crippen LogP contribution in [-0.2, 0) is 16.1 Å². The minimum Gasteiger partial charge on any atom is -0.497 e. The highest BCUT2D eigenvalue weighted by Gasteiger charge is 2.34. The molecule has 23 heavy (non-hydrogen) atoms. The Kier molecular flexibility index (Phi) is 4.32. The molecule has 1 aliphatic rings. The summed E-state index contributed by atoms with van der Waals surface area (Å²) >= 11 is 0. The average molecular weight is 314 g/mol. The molecular formula is C17H18N2O4. The van der Waals surface area contributed by atoms with Gasteiger partial charge in [0.05, 0.1) is 25.8 Å². The molecule has 1 aromatic carbocycles. The van der Waals surface area contributed by atoms with Gasteiger partial charge in [-0.3, -0.25) is 9.59 Å². The topological polar surface area (TPSA) is 71.8 Å². The Labute approximate surface area is 134 Å². The maximum Gasteiger partial charge on any atom is 0.229 e. The molecule has 0 unspecified atom stereocenters. The van der Waals surface area contributed by atoms with Gasteiger partial charge in [0, 0.05) is 24.7 Å². The first-order valence-corrected chi connectivity index (χ1v) is 7.41. The van der Waals surface area contributed by atoms with Crippen LogP contribution in [0.5, 0.6) is 5.75 Å². The second-order valence-electron chi connectivity index (χ2n) is 5.48. The number of rotatable bonds is 5. The van der Waals surface area contributed by atoms with E-state index in [2.05, 4.69) is 5.32 Å². The van der Waals surface area contributed by atoms with E-state index in [4.69, 9.17) is 9.15 Å². The fraction of sp³-hybridized carbons (Fsp3) is 0.294. The van der Waals surface area contributed by atoms with Gasteiger partial charge in [-0.15, -0.1) is 0 Å². The number of hydrogen-bond acceptors (Lipinski definition) is 4. The van der Waals surface area contributed by atoms with Crippen LogP contribution in [0.25, 0.3) is 0 Å². The van der Waals surface area contributed by atoms with Crippen LogP contribution in [0.3, 0.4) is 0 Å². The third kappa shape index (κ3) is 3.53. The van der Waals surface area contributed by atoms with E-state index < -0.39 is 0 Å². The van der Waals surface area contributed by atoms with Gasteiger partial charge in [-0.1, -0.05) is 6.07 Å². The molecule has 1 saturated heterocycles. The Balaban J connectivity index is 1.61. The zero-order valence-corrected chi connectivity index (χ0v) is 12.8. The molecule has 120 valence electrons. The first kappa shape index (κ1) is 15.1. The predicted octanol–water partition coefficient (Wildman–Crippen LogP) is 2.28. The highest BCUT2D eigenvalue weighted by molar-refractivity contribution is 5.97. The number of nitrogens with one attached hydrogen (secondary N) is 1. The van der Waals surface area contributed by atoms with Crippen LogP contribution in [0.4, 0.5) is 5.69 Å². The van der Waals surface area contributed by atoms with E-state index in [0.717, 1.165) is 0 Å². The second-order valence-corrected chi connectivity index (χ2v) is 5.48. The summed E-state index contributed by atoms with van der Waals surface area (Å²) in [5.41, 5.74) is 0.659. The number of benzene rings is 1. The summed E-state index contributed by atoms with van der Waals surface area (Å²) in [6.07, 6.45) is 1.79. The maximum absolute atomic E-state index is 12.4. The molecule has 1 atom stereocenters. The fourth-order valence-electron chi connectivity index (χ4n) is 2.64. The molecule has 0 radical (unpaired) electrons. The summed E-state index contributed by atoms with van der Waals surface area (Å²) < 4.78 is 10.4. The molecule has 3 rings (SSSR count). The number of ether oxygens (including phenoxy) is 1. The quantitative estimate of drug-likeness (QED) is 0.919. The van der Waals surface area contributed by atoms with Crippen molar-refractivity contribution in [3.8, 4) is 5.75 Å². The third-order valence-corrected chi connectivity index (χ3v) is 3.85. The number of furan rings is 1. The molecule has 1 aromatic heterocycles. The van der Waals surface area contributed by atoms with Gasteiger partial charge < -0.3 is 19.4 Å². The van der Waals surface area contributed by atoms with Crippen molar-refractivity contribution in [1.82, 2.24) is 4.90 Å². The van der Waals surface area contributed by atoms with Gasteiger partial charge in [-0.05, 0) is 24.3 Å². The van der Waals surface area contributed by atoms with Crippen molar-refractivity contribution in [3.63, 3.8) is 0 Å². The van der Waals surface area contributed by atoms with Crippen molar-refractivity contribution in [1.29, 1.82) is 0 Å². The van der Waals surface area contributed by atoms with E-state index >= 15 is 0 Å². The van der Waals surface area contributed by atoms with E-state index in [1.54, 1.807) is 48.6 Å². The number of carbonyl (C=O) groups is 2. The van der Waals surface area contributed by atoms with Crippen LogP contribution in [0.1, 0.15) is 12.2 Å². The van der Waals surface area contributed by atoms with Crippen molar-refractivity contribution in [2.24, 2.45) is 5.92 Å². The molecule has 2 aromatic rings. The molecule has 1 aliphatic heterocycles. The number of methoxy groups -OCH3 is 1. The Morgan fingerprint density at radius 3 is 3.00 bits per heavy atom. The van der Waals surface area contributed by atoms with Crippen molar-refractivity contribution in [2.75, 3.05) is 19.0 Å². The Hall–Kier alpha value is -2.76. The number of anilines is 1. The van der Waals surface area contributed by atoms with E-state index in [0.29, 0.717) is 30.3 Å². The Morgan fingerprint density at radius 1 is 1.39 bits per heavy atom. The number of hydrogen-bond donors (Lipinski definition) is 1. The summed E-state index contributed by atoms with van der Waals surface area (Å²) in [6, 6.07) is 10.7. The minimum absolute atomic E-state index is 0.0350. The van der Waals surface area contributed by atoms with Gasteiger partial charge in [-0.25, -0.2) is 0 Å². The molecule has 0 saturated carbocycles. The normalized spacial score (nSPS) is 17.3. The molecule has 1 fully saturated rings. The lowest BCUT2D eigenvalue weighted by atomic mass is 10.1. The summed E-state index contributed by atoms with van der Waals surface area (Å²) in [5, 5.41) is 2.84. The lowest BCUT2D eigenvalue weighted by Gasteiger charge is -2.15. The van der Waals surface area contributed by atoms with Crippen LogP contribution in [-0.4, -0.2) is 30.4 Å². The van der Waals surface area contributed by atoms with Crippen molar-refractivity contribution in [3.05, 3.63) is 48.4 Å². The van der Waals surface area contributed by atoms with Crippen molar-refractivity contribution < 1.29 is 18.7 Å². The third-order valence-electron chi connectivity index (χ3n) is 3.85. The number of likely N-dealkylation sites (tertiary alicyclic amines) is 1. The number of nitrogens with zero attached hydrogens (tertiary/aromatic N) is 1. The van der Waals surface area contributed by atoms with E-state index in [9.17, 15) is 9.59 Å². The molecule has 0 bridgehead atoms. The fourth-order valence-corrected chi connectivity index (χ4v) is 2.64. The van der Waals surface area contributed by atoms with Crippen LogP contribution in [0, 0.1) is 5.92 Å². The minimum atomic E-state index is -0.358. The summed E-state index contributed by atoms with van der Waals surface area (Å²) in [7, 11) is 1.57. The summed E-state index contributed by atoms with van der Waals surface area (Å²) in [4.78, 5) is 26.1. The molecule has 1 N–H and O–H groups in total. The van der Waals surface area contributed by atoms with Gasteiger partial charge in [0.1, 0.15) is 11.5 Å². The van der Waals surface area contributed by atoms with Crippen molar-refractivity contribution in [2.45, 2.75) is 13.0 Å². The highest BCUT2D eigenvalue weighted by atomic mass is 16.5. The van der Waals surface area contributed by atoms with Gasteiger partial charge in [0.2, 0.25) is 11.8 Å². The lowest BCUT2D eigenvalue weighted by molar-refractivity contribution is -0.128. The van der Waals surface area contributed by atoms with Gasteiger partial charge in [0.25, 0.3) is 0 Å². The van der Waals surface area contributed by atoms with Crippen LogP contribution in [0.15, 0.2) is 47.1 Å². The van der Waals surface area contributed by atoms with Crippen LogP contribution < -0.4 is 10.1 Å². The van der Waals surface area contributed by atoms with E-state index in [1.165, 1.54) is 0 Å². The second kappa shape index (κ2) is 6.56. The smallest absolute Gasteiger partial charge is 0.229 e. The Bertz CT molecular complexity index is 696. The predicted molar refractivity (Wildman–Crippen MR) is 83.9 cm³/mol. The van der Waals surface area contributed by atoms with Crippen LogP contribution in [0.2, 0.25) is 0 Å². The first-order valence-electron chi connectivity index (χ1n) is 7.41. The van der Waals surface area contributed by atoms with E-state index in [-0.39, 0.29) is 24.2 Å². The largest absolute Gasteiger partial charge is 0.497 e. The SMILES string of the molecule is COc1cccc(NC(=O)[C@H]2CC(=O)N(Cc3ccco3)C2)c1. The Morgan fingerprint density at radius 2 is 2.26 bits per heavy atom. The lowest BCUT2D eigenvalue weighted by Crippen LogP contribution is -2.27. The van der Waals surface area contributed by atoms with E-state index in [1.807, 2.05) is 6.07 Å². The van der Waals surface area contributed by atoms with Gasteiger partial charge in [-0.2, -0.15) is 0 Å². The zero-order chi connectivity index (χ0) is 16.2. The highest BCUT2D eigenvalue weighted by Crippen LogP contribution is 2.23. The average Bonchev–Trinajstić information content (AvgIpc) is 3.18. The zero-order valence-electron chi connectivity index (χ0n) is 12.8. The number of carbonyl (C=O) groups excluding carboxylic acids is 2. The monoisotopic (exact) mass is 314 g/mol. The van der Waals surface area contributed by atoms with Crippen molar-refractivity contribution >= 4 is 17.5 Å². The summed E-state index contributed by atoms with van der Waals surface area (Å²) in [6.45, 7) is 0.796. The molecular weight excluding hydrogens is 296 g/mol. The van der Waals surface area contributed by atoms with Crippen LogP contribution >= 0.6 is 0 Å². The van der Waals surface area contributed by atoms with Gasteiger partial charge >= 0.3 is 0 Å². The molecule has 2 amide bonds. The molecule has 6 heteroatoms. The first-order chi connectivity index (χ1) is 11.2. The standard InChI is InChI=1S/C17H18N2O4/c1-22-14-5-2-4-13(9-14)18-17(21)12-8-16(20)19(10-12)11-15-6-3-7-23-15/h2-7,9,12H,8,10-11H2,1H3,(H,18,21)/t12-/m0/s1.